The molecule has 2 heterocycles. The Bertz CT molecular complexity index is 685. The molecule has 0 amide bonds. The number of fused-ring (bicyclic) bond motifs is 1. The quantitative estimate of drug-likeness (QED) is 0.851. The summed E-state index contributed by atoms with van der Waals surface area (Å²) in [5, 5.41) is 0. The highest BCUT2D eigenvalue weighted by atomic mass is 35.5. The summed E-state index contributed by atoms with van der Waals surface area (Å²) in [4.78, 5) is 3.05. The maximum atomic E-state index is 13.6. The van der Waals surface area contributed by atoms with E-state index < -0.39 is 0 Å². The third-order valence-corrected chi connectivity index (χ3v) is 3.89. The summed E-state index contributed by atoms with van der Waals surface area (Å²) < 4.78 is 21.9. The van der Waals surface area contributed by atoms with E-state index in [2.05, 4.69) is 4.98 Å². The van der Waals surface area contributed by atoms with E-state index in [4.69, 9.17) is 22.7 Å². The Labute approximate surface area is 133 Å². The Kier molecular flexibility index (Phi) is 5.03. The highest BCUT2D eigenvalue weighted by molar-refractivity contribution is 7.71. The van der Waals surface area contributed by atoms with Gasteiger partial charge in [-0.3, -0.25) is 0 Å². The van der Waals surface area contributed by atoms with Crippen LogP contribution in [0.25, 0.3) is 0 Å². The van der Waals surface area contributed by atoms with Gasteiger partial charge in [0.25, 0.3) is 0 Å². The molecule has 0 radical (unpaired) electrons. The highest BCUT2D eigenvalue weighted by Crippen LogP contribution is 2.32. The topological polar surface area (TPSA) is 56.0 Å². The van der Waals surface area contributed by atoms with E-state index in [0.29, 0.717) is 30.1 Å². The molecule has 0 saturated heterocycles. The van der Waals surface area contributed by atoms with Gasteiger partial charge in [-0.05, 0) is 30.4 Å². The molecule has 1 aromatic heterocycles. The summed E-state index contributed by atoms with van der Waals surface area (Å²) >= 11 is 5.33. The number of imidazole rings is 1. The zero-order valence-corrected chi connectivity index (χ0v) is 13.0. The van der Waals surface area contributed by atoms with Gasteiger partial charge in [-0.2, -0.15) is 0 Å². The minimum atomic E-state index is -0.305. The van der Waals surface area contributed by atoms with E-state index >= 15 is 0 Å². The Morgan fingerprint density at radius 1 is 1.48 bits per heavy atom. The number of hydrogen-bond donors (Lipinski definition) is 2. The van der Waals surface area contributed by atoms with Crippen LogP contribution in [0.15, 0.2) is 24.4 Å². The summed E-state index contributed by atoms with van der Waals surface area (Å²) in [5.74, 6) is 0.0620. The second kappa shape index (κ2) is 6.60. The van der Waals surface area contributed by atoms with Crippen LogP contribution in [-0.4, -0.2) is 22.7 Å². The van der Waals surface area contributed by atoms with E-state index in [1.54, 1.807) is 6.07 Å². The van der Waals surface area contributed by atoms with Gasteiger partial charge in [0.2, 0.25) is 0 Å². The highest BCUT2D eigenvalue weighted by Gasteiger charge is 2.25. The number of halogens is 2. The van der Waals surface area contributed by atoms with Crippen molar-refractivity contribution in [2.24, 2.45) is 5.73 Å². The fraction of sp³-hybridized carbons (Fsp3) is 0.357. The molecule has 3 N–H and O–H groups in total. The second-order valence-electron chi connectivity index (χ2n) is 4.89. The molecule has 0 fully saturated rings. The number of aromatic amines is 1. The van der Waals surface area contributed by atoms with Gasteiger partial charge in [0.15, 0.2) is 16.3 Å². The lowest BCUT2D eigenvalue weighted by atomic mass is 10.0. The van der Waals surface area contributed by atoms with Gasteiger partial charge in [0.1, 0.15) is 6.61 Å². The van der Waals surface area contributed by atoms with Crippen molar-refractivity contribution in [2.45, 2.75) is 18.9 Å². The first-order valence-electron chi connectivity index (χ1n) is 6.59. The van der Waals surface area contributed by atoms with E-state index in [1.807, 2.05) is 16.8 Å². The van der Waals surface area contributed by atoms with Gasteiger partial charge < -0.3 is 20.0 Å². The third-order valence-electron chi connectivity index (χ3n) is 3.58. The van der Waals surface area contributed by atoms with Crippen LogP contribution in [0.3, 0.4) is 0 Å². The molecule has 0 unspecified atom stereocenters. The van der Waals surface area contributed by atoms with Crippen molar-refractivity contribution in [1.82, 2.24) is 9.55 Å². The minimum absolute atomic E-state index is 0. The Hall–Kier alpha value is -1.37. The summed E-state index contributed by atoms with van der Waals surface area (Å²) in [6.07, 6.45) is 3.34. The summed E-state index contributed by atoms with van der Waals surface area (Å²) in [5.41, 5.74) is 7.56. The molecule has 0 saturated carbocycles. The molecule has 3 rings (SSSR count). The van der Waals surface area contributed by atoms with Crippen molar-refractivity contribution in [3.05, 3.63) is 46.2 Å². The lowest BCUT2D eigenvalue weighted by Gasteiger charge is -2.27. The maximum absolute atomic E-state index is 13.6. The molecule has 7 heteroatoms. The predicted molar refractivity (Wildman–Crippen MR) is 84.3 cm³/mol. The summed E-state index contributed by atoms with van der Waals surface area (Å²) in [6, 6.07) is 5.09. The zero-order valence-electron chi connectivity index (χ0n) is 11.3. The first-order valence-corrected chi connectivity index (χ1v) is 7.00. The molecule has 21 heavy (non-hydrogen) atoms. The Morgan fingerprint density at radius 2 is 2.29 bits per heavy atom. The average molecular weight is 330 g/mol. The molecule has 114 valence electrons. The fourth-order valence-electron chi connectivity index (χ4n) is 2.69. The number of H-pyrrole nitrogens is 1. The van der Waals surface area contributed by atoms with Crippen LogP contribution in [0, 0.1) is 10.6 Å². The van der Waals surface area contributed by atoms with Crippen molar-refractivity contribution >= 4 is 24.6 Å². The minimum Gasteiger partial charge on any atom is -0.488 e. The molecular formula is C14H17ClFN3OS. The van der Waals surface area contributed by atoms with Crippen LogP contribution in [-0.2, 0) is 12.8 Å². The van der Waals surface area contributed by atoms with Gasteiger partial charge in [-0.1, -0.05) is 12.1 Å². The molecule has 0 spiro atoms. The molecule has 1 aliphatic heterocycles. The van der Waals surface area contributed by atoms with Gasteiger partial charge in [0.05, 0.1) is 6.04 Å². The van der Waals surface area contributed by atoms with Crippen molar-refractivity contribution in [1.29, 1.82) is 0 Å². The first kappa shape index (κ1) is 16.0. The van der Waals surface area contributed by atoms with Gasteiger partial charge in [-0.25, -0.2) is 4.39 Å². The average Bonchev–Trinajstić information content (AvgIpc) is 2.80. The van der Waals surface area contributed by atoms with Crippen molar-refractivity contribution < 1.29 is 9.13 Å². The maximum Gasteiger partial charge on any atom is 0.177 e. The molecule has 0 aliphatic carbocycles. The number of aromatic nitrogens is 2. The zero-order chi connectivity index (χ0) is 14.1. The van der Waals surface area contributed by atoms with E-state index in [1.165, 1.54) is 6.07 Å². The van der Waals surface area contributed by atoms with Gasteiger partial charge in [-0.15, -0.1) is 12.4 Å². The number of para-hydroxylation sites is 1. The summed E-state index contributed by atoms with van der Waals surface area (Å²) in [6.45, 7) is 0.975. The SMILES string of the molecule is Cl.NCCc1c[nH]c(=S)n1[C@H]1COc2c(F)cccc2C1. The van der Waals surface area contributed by atoms with Crippen LogP contribution in [0.4, 0.5) is 4.39 Å². The van der Waals surface area contributed by atoms with Gasteiger partial charge >= 0.3 is 0 Å². The molecule has 1 atom stereocenters. The largest absolute Gasteiger partial charge is 0.488 e. The number of nitrogens with two attached hydrogens (primary N) is 1. The number of ether oxygens (including phenoxy) is 1. The smallest absolute Gasteiger partial charge is 0.177 e. The van der Waals surface area contributed by atoms with Crippen LogP contribution < -0.4 is 10.5 Å². The molecule has 0 bridgehead atoms. The third kappa shape index (κ3) is 2.97. The van der Waals surface area contributed by atoms with Crippen molar-refractivity contribution in [3.8, 4) is 5.75 Å². The molecule has 1 aliphatic rings. The number of nitrogens with one attached hydrogen (secondary N) is 1. The van der Waals surface area contributed by atoms with Crippen LogP contribution in [0.2, 0.25) is 0 Å². The molecule has 1 aromatic carbocycles. The summed E-state index contributed by atoms with van der Waals surface area (Å²) in [7, 11) is 0. The van der Waals surface area contributed by atoms with Gasteiger partial charge in [0, 0.05) is 24.7 Å². The standard InChI is InChI=1S/C14H16FN3OS.ClH/c15-12-3-1-2-9-6-11(8-19-13(9)12)18-10(4-5-16)7-17-14(18)20;/h1-3,7,11H,4-6,8,16H2,(H,17,20);1H/t11-;/m1./s1. The normalized spacial score (nSPS) is 16.8. The molecular weight excluding hydrogens is 313 g/mol. The van der Waals surface area contributed by atoms with Crippen molar-refractivity contribution in [3.63, 3.8) is 0 Å². The van der Waals surface area contributed by atoms with Crippen molar-refractivity contribution in [2.75, 3.05) is 13.2 Å². The number of rotatable bonds is 3. The van der Waals surface area contributed by atoms with E-state index in [9.17, 15) is 4.39 Å². The number of benzene rings is 1. The van der Waals surface area contributed by atoms with Crippen LogP contribution in [0.1, 0.15) is 17.3 Å². The van der Waals surface area contributed by atoms with Crippen LogP contribution >= 0.6 is 24.6 Å². The predicted octanol–water partition coefficient (Wildman–Crippen LogP) is 2.78. The monoisotopic (exact) mass is 329 g/mol. The Morgan fingerprint density at radius 3 is 3.05 bits per heavy atom. The van der Waals surface area contributed by atoms with E-state index in [0.717, 1.165) is 17.7 Å². The first-order chi connectivity index (χ1) is 9.70. The van der Waals surface area contributed by atoms with Crippen LogP contribution in [0.5, 0.6) is 5.75 Å². The molecule has 2 aromatic rings. The number of hydrogen-bond acceptors (Lipinski definition) is 3. The fourth-order valence-corrected chi connectivity index (χ4v) is 3.01. The van der Waals surface area contributed by atoms with E-state index in [-0.39, 0.29) is 24.3 Å². The second-order valence-corrected chi connectivity index (χ2v) is 5.28. The lowest BCUT2D eigenvalue weighted by molar-refractivity contribution is 0.211. The molecule has 4 nitrogen and oxygen atoms in total. The lowest BCUT2D eigenvalue weighted by Crippen LogP contribution is -2.26. The number of nitrogens with zero attached hydrogens (tertiary/aromatic N) is 1. The Balaban J connectivity index is 0.00000161.